The van der Waals surface area contributed by atoms with Gasteiger partial charge in [0.1, 0.15) is 0 Å². The Balaban J connectivity index is 1.94. The third kappa shape index (κ3) is 4.16. The van der Waals surface area contributed by atoms with Crippen molar-refractivity contribution in [3.8, 4) is 0 Å². The molecule has 0 bridgehead atoms. The molecule has 1 N–H and O–H groups in total. The summed E-state index contributed by atoms with van der Waals surface area (Å²) in [7, 11) is 3.17. The van der Waals surface area contributed by atoms with Crippen LogP contribution in [0.15, 0.2) is 12.1 Å². The minimum Gasteiger partial charge on any atom is -0.365 e. The van der Waals surface area contributed by atoms with Crippen molar-refractivity contribution in [2.75, 3.05) is 33.8 Å². The molecular weight excluding hydrogens is 327 g/mol. The fourth-order valence-electron chi connectivity index (χ4n) is 2.27. The number of nitrogens with one attached hydrogen (secondary N) is 1. The maximum atomic E-state index is 13.1. The molecule has 0 aromatic heterocycles. The van der Waals surface area contributed by atoms with Gasteiger partial charge in [-0.25, -0.2) is 18.0 Å². The number of carbonyl (C=O) groups is 2. The van der Waals surface area contributed by atoms with E-state index in [0.29, 0.717) is 0 Å². The van der Waals surface area contributed by atoms with Crippen LogP contribution in [0.4, 0.5) is 18.0 Å². The molecule has 3 amide bonds. The molecule has 1 aliphatic heterocycles. The molecular formula is C15H18F3N3O3. The van der Waals surface area contributed by atoms with E-state index in [9.17, 15) is 22.8 Å². The van der Waals surface area contributed by atoms with Gasteiger partial charge in [0.15, 0.2) is 23.6 Å². The van der Waals surface area contributed by atoms with Gasteiger partial charge >= 0.3 is 6.03 Å². The number of halogens is 3. The molecule has 2 rings (SSSR count). The third-order valence-corrected chi connectivity index (χ3v) is 3.56. The number of carbonyl (C=O) groups excluding carboxylic acids is 2. The lowest BCUT2D eigenvalue weighted by Gasteiger charge is -2.33. The predicted molar refractivity (Wildman–Crippen MR) is 78.6 cm³/mol. The summed E-state index contributed by atoms with van der Waals surface area (Å²) in [5.41, 5.74) is 0.0916. The second-order valence-electron chi connectivity index (χ2n) is 5.57. The summed E-state index contributed by atoms with van der Waals surface area (Å²) in [6.45, 7) is 0.401. The van der Waals surface area contributed by atoms with Crippen molar-refractivity contribution in [2.45, 2.75) is 12.6 Å². The maximum absolute atomic E-state index is 13.1. The van der Waals surface area contributed by atoms with Crippen LogP contribution in [0.1, 0.15) is 5.56 Å². The molecule has 6 nitrogen and oxygen atoms in total. The standard InChI is InChI=1S/C15H18F3N3O3/c1-20(2)14(22)12-8-21(3-4-24-12)15(23)19-7-9-5-10(16)13(18)11(17)6-9/h5-6,12H,3-4,7-8H2,1-2H3,(H,19,23)/t12-/m0/s1. The first-order valence-electron chi connectivity index (χ1n) is 7.28. The molecule has 132 valence electrons. The van der Waals surface area contributed by atoms with Gasteiger partial charge in [-0.2, -0.15) is 0 Å². The smallest absolute Gasteiger partial charge is 0.317 e. The van der Waals surface area contributed by atoms with Crippen LogP contribution in [0.5, 0.6) is 0 Å². The van der Waals surface area contributed by atoms with Crippen LogP contribution in [0.25, 0.3) is 0 Å². The number of urea groups is 1. The molecule has 1 aromatic rings. The number of hydrogen-bond donors (Lipinski definition) is 1. The third-order valence-electron chi connectivity index (χ3n) is 3.56. The highest BCUT2D eigenvalue weighted by Crippen LogP contribution is 2.14. The lowest BCUT2D eigenvalue weighted by molar-refractivity contribution is -0.145. The van der Waals surface area contributed by atoms with E-state index in [1.54, 1.807) is 14.1 Å². The molecule has 1 atom stereocenters. The Labute approximate surface area is 137 Å². The van der Waals surface area contributed by atoms with Crippen LogP contribution in [0, 0.1) is 17.5 Å². The number of benzene rings is 1. The number of rotatable bonds is 3. The van der Waals surface area contributed by atoms with Crippen molar-refractivity contribution < 1.29 is 27.5 Å². The monoisotopic (exact) mass is 345 g/mol. The van der Waals surface area contributed by atoms with E-state index >= 15 is 0 Å². The highest BCUT2D eigenvalue weighted by atomic mass is 19.2. The molecule has 1 heterocycles. The molecule has 0 saturated carbocycles. The zero-order valence-corrected chi connectivity index (χ0v) is 13.3. The highest BCUT2D eigenvalue weighted by molar-refractivity contribution is 5.82. The summed E-state index contributed by atoms with van der Waals surface area (Å²) in [6.07, 6.45) is -0.750. The van der Waals surface area contributed by atoms with Gasteiger partial charge < -0.3 is 19.9 Å². The molecule has 0 radical (unpaired) electrons. The SMILES string of the molecule is CN(C)C(=O)[C@@H]1CN(C(=O)NCc2cc(F)c(F)c(F)c2)CCO1. The van der Waals surface area contributed by atoms with Crippen molar-refractivity contribution >= 4 is 11.9 Å². The summed E-state index contributed by atoms with van der Waals surface area (Å²) in [5.74, 6) is -4.44. The van der Waals surface area contributed by atoms with Crippen molar-refractivity contribution in [3.05, 3.63) is 35.1 Å². The van der Waals surface area contributed by atoms with Crippen LogP contribution in [0.3, 0.4) is 0 Å². The number of amides is 3. The Morgan fingerprint density at radius 3 is 2.50 bits per heavy atom. The summed E-state index contributed by atoms with van der Waals surface area (Å²) in [5, 5.41) is 2.48. The summed E-state index contributed by atoms with van der Waals surface area (Å²) < 4.78 is 44.5. The van der Waals surface area contributed by atoms with Gasteiger partial charge in [0.05, 0.1) is 13.2 Å². The topological polar surface area (TPSA) is 61.9 Å². The Morgan fingerprint density at radius 2 is 1.92 bits per heavy atom. The fourth-order valence-corrected chi connectivity index (χ4v) is 2.27. The lowest BCUT2D eigenvalue weighted by Crippen LogP contribution is -2.53. The van der Waals surface area contributed by atoms with Crippen molar-refractivity contribution in [1.29, 1.82) is 0 Å². The summed E-state index contributed by atoms with van der Waals surface area (Å²) >= 11 is 0. The minimum absolute atomic E-state index is 0.0784. The first-order chi connectivity index (χ1) is 11.3. The first kappa shape index (κ1) is 18.1. The molecule has 1 aromatic carbocycles. The zero-order chi connectivity index (χ0) is 17.9. The van der Waals surface area contributed by atoms with E-state index in [0.717, 1.165) is 12.1 Å². The molecule has 0 aliphatic carbocycles. The second kappa shape index (κ2) is 7.52. The Morgan fingerprint density at radius 1 is 1.29 bits per heavy atom. The molecule has 0 unspecified atom stereocenters. The van der Waals surface area contributed by atoms with Crippen molar-refractivity contribution in [2.24, 2.45) is 0 Å². The number of ether oxygens (including phenoxy) is 1. The Hall–Kier alpha value is -2.29. The molecule has 1 aliphatic rings. The summed E-state index contributed by atoms with van der Waals surface area (Å²) in [6, 6.07) is 1.13. The second-order valence-corrected chi connectivity index (χ2v) is 5.57. The first-order valence-corrected chi connectivity index (χ1v) is 7.28. The van der Waals surface area contributed by atoms with Crippen molar-refractivity contribution in [1.82, 2.24) is 15.1 Å². The predicted octanol–water partition coefficient (Wildman–Crippen LogP) is 1.10. The Bertz CT molecular complexity index is 617. The van der Waals surface area contributed by atoms with Gasteiger partial charge in [0.25, 0.3) is 5.91 Å². The largest absolute Gasteiger partial charge is 0.365 e. The van der Waals surface area contributed by atoms with Gasteiger partial charge in [-0.3, -0.25) is 4.79 Å². The van der Waals surface area contributed by atoms with Gasteiger partial charge in [-0.1, -0.05) is 0 Å². The van der Waals surface area contributed by atoms with Crippen molar-refractivity contribution in [3.63, 3.8) is 0 Å². The number of hydrogen-bond acceptors (Lipinski definition) is 3. The van der Waals surface area contributed by atoms with Crippen LogP contribution in [-0.4, -0.2) is 61.6 Å². The van der Waals surface area contributed by atoms with Gasteiger partial charge in [0.2, 0.25) is 0 Å². The lowest BCUT2D eigenvalue weighted by atomic mass is 10.2. The quantitative estimate of drug-likeness (QED) is 0.835. The Kier molecular flexibility index (Phi) is 5.66. The van der Waals surface area contributed by atoms with Crippen LogP contribution >= 0.6 is 0 Å². The average molecular weight is 345 g/mol. The summed E-state index contributed by atoms with van der Waals surface area (Å²) in [4.78, 5) is 26.7. The number of likely N-dealkylation sites (N-methyl/N-ethyl adjacent to an activating group) is 1. The average Bonchev–Trinajstić information content (AvgIpc) is 2.56. The number of morpholine rings is 1. The van der Waals surface area contributed by atoms with E-state index in [1.165, 1.54) is 9.80 Å². The van der Waals surface area contributed by atoms with Crippen LogP contribution in [0.2, 0.25) is 0 Å². The van der Waals surface area contributed by atoms with Gasteiger partial charge in [0, 0.05) is 27.2 Å². The number of nitrogens with zero attached hydrogens (tertiary/aromatic N) is 2. The van der Waals surface area contributed by atoms with E-state index in [2.05, 4.69) is 5.32 Å². The van der Waals surface area contributed by atoms with E-state index in [-0.39, 0.29) is 37.7 Å². The zero-order valence-electron chi connectivity index (χ0n) is 13.3. The molecule has 9 heteroatoms. The maximum Gasteiger partial charge on any atom is 0.317 e. The van der Waals surface area contributed by atoms with Crippen LogP contribution < -0.4 is 5.32 Å². The molecule has 1 saturated heterocycles. The highest BCUT2D eigenvalue weighted by Gasteiger charge is 2.30. The fraction of sp³-hybridized carbons (Fsp3) is 0.467. The van der Waals surface area contributed by atoms with E-state index < -0.39 is 29.6 Å². The molecule has 24 heavy (non-hydrogen) atoms. The normalized spacial score (nSPS) is 17.5. The van der Waals surface area contributed by atoms with E-state index in [1.807, 2.05) is 0 Å². The molecule has 1 fully saturated rings. The van der Waals surface area contributed by atoms with Crippen LogP contribution in [-0.2, 0) is 16.1 Å². The minimum atomic E-state index is -1.55. The van der Waals surface area contributed by atoms with Gasteiger partial charge in [-0.05, 0) is 17.7 Å². The molecule has 0 spiro atoms. The van der Waals surface area contributed by atoms with E-state index in [4.69, 9.17) is 4.74 Å². The van der Waals surface area contributed by atoms with Gasteiger partial charge in [-0.15, -0.1) is 0 Å².